The number of aliphatic carboxylic acids is 1. The second kappa shape index (κ2) is 5.33. The van der Waals surface area contributed by atoms with E-state index in [0.717, 1.165) is 17.7 Å². The van der Waals surface area contributed by atoms with Gasteiger partial charge in [-0.3, -0.25) is 9.59 Å². The number of carboxylic acid groups (broad SMARTS) is 1. The molecular formula is C16H15NO3S. The third-order valence-electron chi connectivity index (χ3n) is 3.68. The fourth-order valence-corrected chi connectivity index (χ4v) is 3.69. The second-order valence-corrected chi connectivity index (χ2v) is 6.21. The predicted octanol–water partition coefficient (Wildman–Crippen LogP) is 2.72. The van der Waals surface area contributed by atoms with Crippen molar-refractivity contribution in [3.63, 3.8) is 0 Å². The summed E-state index contributed by atoms with van der Waals surface area (Å²) in [5.41, 5.74) is 3.67. The SMILES string of the molecule is C[C@H](NC(=O)c1cc2c(s1)-c1ccccc1CC2)C(=O)O. The van der Waals surface area contributed by atoms with Crippen molar-refractivity contribution in [2.45, 2.75) is 25.8 Å². The quantitative estimate of drug-likeness (QED) is 0.916. The van der Waals surface area contributed by atoms with E-state index < -0.39 is 12.0 Å². The maximum atomic E-state index is 12.1. The van der Waals surface area contributed by atoms with Crippen molar-refractivity contribution >= 4 is 23.2 Å². The molecule has 0 saturated carbocycles. The van der Waals surface area contributed by atoms with E-state index in [1.54, 1.807) is 0 Å². The highest BCUT2D eigenvalue weighted by molar-refractivity contribution is 7.17. The highest BCUT2D eigenvalue weighted by Gasteiger charge is 2.22. The van der Waals surface area contributed by atoms with Crippen LogP contribution in [-0.2, 0) is 17.6 Å². The summed E-state index contributed by atoms with van der Waals surface area (Å²) >= 11 is 1.43. The third kappa shape index (κ3) is 2.56. The van der Waals surface area contributed by atoms with Gasteiger partial charge in [0.05, 0.1) is 4.88 Å². The van der Waals surface area contributed by atoms with Crippen LogP contribution in [0.2, 0.25) is 0 Å². The summed E-state index contributed by atoms with van der Waals surface area (Å²) in [6, 6.07) is 9.22. The van der Waals surface area contributed by atoms with E-state index in [1.165, 1.54) is 35.0 Å². The molecular weight excluding hydrogens is 286 g/mol. The van der Waals surface area contributed by atoms with Gasteiger partial charge in [-0.15, -0.1) is 11.3 Å². The van der Waals surface area contributed by atoms with Gasteiger partial charge in [0.1, 0.15) is 6.04 Å². The smallest absolute Gasteiger partial charge is 0.325 e. The monoisotopic (exact) mass is 301 g/mol. The zero-order chi connectivity index (χ0) is 15.0. The minimum absolute atomic E-state index is 0.318. The number of nitrogens with one attached hydrogen (secondary N) is 1. The largest absolute Gasteiger partial charge is 0.480 e. The van der Waals surface area contributed by atoms with Crippen LogP contribution in [0.1, 0.15) is 27.7 Å². The van der Waals surface area contributed by atoms with E-state index >= 15 is 0 Å². The minimum Gasteiger partial charge on any atom is -0.480 e. The van der Waals surface area contributed by atoms with Crippen LogP contribution in [0.15, 0.2) is 30.3 Å². The predicted molar refractivity (Wildman–Crippen MR) is 81.7 cm³/mol. The maximum Gasteiger partial charge on any atom is 0.325 e. The standard InChI is InChI=1S/C16H15NO3S/c1-9(16(19)20)17-15(18)13-8-11-7-6-10-4-2-3-5-12(10)14(11)21-13/h2-5,8-9H,6-7H2,1H3,(H,17,18)(H,19,20)/t9-/m0/s1. The number of carboxylic acids is 1. The highest BCUT2D eigenvalue weighted by Crippen LogP contribution is 2.39. The van der Waals surface area contributed by atoms with Gasteiger partial charge < -0.3 is 10.4 Å². The lowest BCUT2D eigenvalue weighted by Gasteiger charge is -2.15. The first kappa shape index (κ1) is 13.8. The van der Waals surface area contributed by atoms with Crippen molar-refractivity contribution in [3.05, 3.63) is 46.3 Å². The molecule has 0 unspecified atom stereocenters. The van der Waals surface area contributed by atoms with Gasteiger partial charge in [0.25, 0.3) is 5.91 Å². The fourth-order valence-electron chi connectivity index (χ4n) is 2.51. The molecule has 0 aliphatic heterocycles. The molecule has 0 bridgehead atoms. The number of amides is 1. The topological polar surface area (TPSA) is 66.4 Å². The first-order chi connectivity index (χ1) is 10.1. The molecule has 4 nitrogen and oxygen atoms in total. The van der Waals surface area contributed by atoms with Crippen LogP contribution in [0.3, 0.4) is 0 Å². The van der Waals surface area contributed by atoms with Gasteiger partial charge in [-0.2, -0.15) is 0 Å². The van der Waals surface area contributed by atoms with Crippen molar-refractivity contribution in [3.8, 4) is 10.4 Å². The Morgan fingerprint density at radius 1 is 1.24 bits per heavy atom. The van der Waals surface area contributed by atoms with Gasteiger partial charge in [-0.25, -0.2) is 0 Å². The lowest BCUT2D eigenvalue weighted by molar-refractivity contribution is -0.138. The molecule has 1 atom stereocenters. The Kier molecular flexibility index (Phi) is 3.51. The summed E-state index contributed by atoms with van der Waals surface area (Å²) in [6.45, 7) is 1.46. The summed E-state index contributed by atoms with van der Waals surface area (Å²) in [5.74, 6) is -1.35. The Bertz CT molecular complexity index is 720. The molecule has 1 aliphatic rings. The molecule has 1 aromatic carbocycles. The molecule has 0 radical (unpaired) electrons. The molecule has 5 heteroatoms. The Morgan fingerprint density at radius 3 is 2.71 bits per heavy atom. The first-order valence-corrected chi connectivity index (χ1v) is 7.62. The Labute approximate surface area is 126 Å². The normalized spacial score (nSPS) is 14.0. The molecule has 21 heavy (non-hydrogen) atoms. The lowest BCUT2D eigenvalue weighted by Crippen LogP contribution is -2.37. The highest BCUT2D eigenvalue weighted by atomic mass is 32.1. The number of fused-ring (bicyclic) bond motifs is 3. The third-order valence-corrected chi connectivity index (χ3v) is 4.89. The zero-order valence-electron chi connectivity index (χ0n) is 11.6. The summed E-state index contributed by atoms with van der Waals surface area (Å²) in [5, 5.41) is 11.4. The van der Waals surface area contributed by atoms with Gasteiger partial charge in [-0.05, 0) is 42.5 Å². The van der Waals surface area contributed by atoms with Crippen molar-refractivity contribution in [1.82, 2.24) is 5.32 Å². The molecule has 0 saturated heterocycles. The molecule has 1 aliphatic carbocycles. The average Bonchev–Trinajstić information content (AvgIpc) is 2.91. The fraction of sp³-hybridized carbons (Fsp3) is 0.250. The van der Waals surface area contributed by atoms with E-state index in [1.807, 2.05) is 18.2 Å². The Hall–Kier alpha value is -2.14. The number of hydrogen-bond acceptors (Lipinski definition) is 3. The number of thiophene rings is 1. The number of rotatable bonds is 3. The van der Waals surface area contributed by atoms with Crippen molar-refractivity contribution in [1.29, 1.82) is 0 Å². The van der Waals surface area contributed by atoms with E-state index in [0.29, 0.717) is 4.88 Å². The Morgan fingerprint density at radius 2 is 1.95 bits per heavy atom. The number of aryl methyl sites for hydroxylation is 2. The molecule has 0 spiro atoms. The van der Waals surface area contributed by atoms with E-state index in [4.69, 9.17) is 5.11 Å². The molecule has 3 rings (SSSR count). The molecule has 1 aromatic heterocycles. The maximum absolute atomic E-state index is 12.1. The Balaban J connectivity index is 1.90. The van der Waals surface area contributed by atoms with Gasteiger partial charge >= 0.3 is 5.97 Å². The number of hydrogen-bond donors (Lipinski definition) is 2. The molecule has 1 heterocycles. The molecule has 108 valence electrons. The van der Waals surface area contributed by atoms with Gasteiger partial charge in [0.15, 0.2) is 0 Å². The summed E-state index contributed by atoms with van der Waals surface area (Å²) in [4.78, 5) is 24.6. The van der Waals surface area contributed by atoms with Crippen LogP contribution in [0.25, 0.3) is 10.4 Å². The van der Waals surface area contributed by atoms with Crippen molar-refractivity contribution in [2.75, 3.05) is 0 Å². The summed E-state index contributed by atoms with van der Waals surface area (Å²) < 4.78 is 0. The van der Waals surface area contributed by atoms with E-state index in [-0.39, 0.29) is 5.91 Å². The van der Waals surface area contributed by atoms with Crippen LogP contribution in [0.4, 0.5) is 0 Å². The molecule has 1 amide bonds. The van der Waals surface area contributed by atoms with Crippen LogP contribution < -0.4 is 5.32 Å². The second-order valence-electron chi connectivity index (χ2n) is 5.16. The van der Waals surface area contributed by atoms with Crippen LogP contribution in [0.5, 0.6) is 0 Å². The molecule has 2 N–H and O–H groups in total. The number of benzene rings is 1. The zero-order valence-corrected chi connectivity index (χ0v) is 12.4. The van der Waals surface area contributed by atoms with Crippen LogP contribution >= 0.6 is 11.3 Å². The molecule has 0 fully saturated rings. The number of carbonyl (C=O) groups is 2. The van der Waals surface area contributed by atoms with E-state index in [2.05, 4.69) is 17.4 Å². The first-order valence-electron chi connectivity index (χ1n) is 6.81. The summed E-state index contributed by atoms with van der Waals surface area (Å²) in [7, 11) is 0. The summed E-state index contributed by atoms with van der Waals surface area (Å²) in [6.07, 6.45) is 1.90. The average molecular weight is 301 g/mol. The van der Waals surface area contributed by atoms with Crippen molar-refractivity contribution < 1.29 is 14.7 Å². The van der Waals surface area contributed by atoms with Gasteiger partial charge in [-0.1, -0.05) is 24.3 Å². The van der Waals surface area contributed by atoms with Gasteiger partial charge in [0.2, 0.25) is 0 Å². The van der Waals surface area contributed by atoms with Crippen LogP contribution in [-0.4, -0.2) is 23.0 Å². The van der Waals surface area contributed by atoms with E-state index in [9.17, 15) is 9.59 Å². The van der Waals surface area contributed by atoms with Crippen LogP contribution in [0, 0.1) is 0 Å². The lowest BCUT2D eigenvalue weighted by atomic mass is 9.91. The van der Waals surface area contributed by atoms with Gasteiger partial charge in [0, 0.05) is 4.88 Å². The molecule has 2 aromatic rings. The minimum atomic E-state index is -1.03. The van der Waals surface area contributed by atoms with Crippen molar-refractivity contribution in [2.24, 2.45) is 0 Å². The number of carbonyl (C=O) groups excluding carboxylic acids is 1.